The van der Waals surface area contributed by atoms with Gasteiger partial charge in [-0.2, -0.15) is 0 Å². The maximum atomic E-state index is 12.0. The summed E-state index contributed by atoms with van der Waals surface area (Å²) < 4.78 is 22.4. The number of aromatic nitrogens is 1. The molecule has 110 valence electrons. The summed E-state index contributed by atoms with van der Waals surface area (Å²) in [5, 5.41) is 2.85. The van der Waals surface area contributed by atoms with E-state index < -0.39 is 9.84 Å². The summed E-state index contributed by atoms with van der Waals surface area (Å²) in [4.78, 5) is 15.9. The number of amides is 1. The van der Waals surface area contributed by atoms with Gasteiger partial charge in [-0.15, -0.1) is 0 Å². The summed E-state index contributed by atoms with van der Waals surface area (Å²) in [6.45, 7) is 0. The van der Waals surface area contributed by atoms with Crippen LogP contribution in [0.2, 0.25) is 5.15 Å². The Labute approximate surface area is 127 Å². The fourth-order valence-corrected chi connectivity index (χ4v) is 2.69. The van der Waals surface area contributed by atoms with Gasteiger partial charge in [-0.05, 0) is 29.8 Å². The van der Waals surface area contributed by atoms with Crippen molar-refractivity contribution in [2.45, 2.75) is 5.75 Å². The molecular formula is C14H13ClN2O3S. The van der Waals surface area contributed by atoms with Crippen LogP contribution < -0.4 is 5.32 Å². The number of hydrogen-bond donors (Lipinski definition) is 1. The normalized spacial score (nSPS) is 11.1. The van der Waals surface area contributed by atoms with Crippen LogP contribution in [0.25, 0.3) is 0 Å². The standard InChI is InChI=1S/C14H13ClN2O3S/c1-21(19,20)9-10-4-6-11(7-5-10)14(18)17-12-3-2-8-16-13(12)15/h2-8H,9H2,1H3,(H,17,18). The summed E-state index contributed by atoms with van der Waals surface area (Å²) >= 11 is 5.86. The van der Waals surface area contributed by atoms with E-state index >= 15 is 0 Å². The Morgan fingerprint density at radius 2 is 1.90 bits per heavy atom. The summed E-state index contributed by atoms with van der Waals surface area (Å²) in [5.74, 6) is -0.389. The molecule has 0 unspecified atom stereocenters. The molecule has 0 saturated carbocycles. The molecule has 0 fully saturated rings. The molecule has 1 N–H and O–H groups in total. The molecule has 0 aliphatic carbocycles. The molecule has 0 radical (unpaired) electrons. The lowest BCUT2D eigenvalue weighted by molar-refractivity contribution is 0.102. The van der Waals surface area contributed by atoms with Crippen LogP contribution >= 0.6 is 11.6 Å². The van der Waals surface area contributed by atoms with Crippen LogP contribution in [0.1, 0.15) is 15.9 Å². The topological polar surface area (TPSA) is 76.1 Å². The average molecular weight is 325 g/mol. The van der Waals surface area contributed by atoms with Crippen molar-refractivity contribution in [3.8, 4) is 0 Å². The second kappa shape index (κ2) is 6.24. The summed E-state index contributed by atoms with van der Waals surface area (Å²) in [6.07, 6.45) is 2.69. The van der Waals surface area contributed by atoms with Crippen molar-refractivity contribution >= 4 is 33.0 Å². The van der Waals surface area contributed by atoms with Gasteiger partial charge >= 0.3 is 0 Å². The minimum atomic E-state index is -3.09. The molecule has 7 heteroatoms. The van der Waals surface area contributed by atoms with Crippen LogP contribution in [0.3, 0.4) is 0 Å². The van der Waals surface area contributed by atoms with E-state index in [1.165, 1.54) is 6.20 Å². The van der Waals surface area contributed by atoms with E-state index in [-0.39, 0.29) is 16.8 Å². The number of halogens is 1. The molecule has 5 nitrogen and oxygen atoms in total. The minimum Gasteiger partial charge on any atom is -0.319 e. The van der Waals surface area contributed by atoms with Gasteiger partial charge in [0.2, 0.25) is 0 Å². The number of hydrogen-bond acceptors (Lipinski definition) is 4. The fraction of sp³-hybridized carbons (Fsp3) is 0.143. The molecule has 1 heterocycles. The van der Waals surface area contributed by atoms with Crippen LogP contribution in [0.4, 0.5) is 5.69 Å². The third kappa shape index (κ3) is 4.54. The van der Waals surface area contributed by atoms with Gasteiger partial charge in [-0.1, -0.05) is 23.7 Å². The summed E-state index contributed by atoms with van der Waals surface area (Å²) in [6, 6.07) is 9.67. The summed E-state index contributed by atoms with van der Waals surface area (Å²) in [5.41, 5.74) is 1.46. The number of pyridine rings is 1. The highest BCUT2D eigenvalue weighted by Crippen LogP contribution is 2.18. The molecular weight excluding hydrogens is 312 g/mol. The second-order valence-corrected chi connectivity index (χ2v) is 7.06. The van der Waals surface area contributed by atoms with E-state index in [9.17, 15) is 13.2 Å². The van der Waals surface area contributed by atoms with Crippen molar-refractivity contribution in [2.75, 3.05) is 11.6 Å². The Morgan fingerprint density at radius 1 is 1.24 bits per heavy atom. The van der Waals surface area contributed by atoms with Crippen molar-refractivity contribution in [2.24, 2.45) is 0 Å². The molecule has 21 heavy (non-hydrogen) atoms. The Bertz CT molecular complexity index is 758. The van der Waals surface area contributed by atoms with E-state index in [1.54, 1.807) is 36.4 Å². The lowest BCUT2D eigenvalue weighted by Gasteiger charge is -2.07. The Hall–Kier alpha value is -1.92. The van der Waals surface area contributed by atoms with Gasteiger partial charge in [-0.3, -0.25) is 4.79 Å². The molecule has 1 amide bonds. The monoisotopic (exact) mass is 324 g/mol. The zero-order chi connectivity index (χ0) is 15.5. The van der Waals surface area contributed by atoms with Crippen molar-refractivity contribution < 1.29 is 13.2 Å². The molecule has 0 aliphatic heterocycles. The number of carbonyl (C=O) groups is 1. The second-order valence-electron chi connectivity index (χ2n) is 4.56. The van der Waals surface area contributed by atoms with Crippen molar-refractivity contribution in [3.63, 3.8) is 0 Å². The number of nitrogens with zero attached hydrogens (tertiary/aromatic N) is 1. The molecule has 0 spiro atoms. The van der Waals surface area contributed by atoms with Gasteiger partial charge in [0, 0.05) is 18.0 Å². The molecule has 1 aromatic carbocycles. The maximum Gasteiger partial charge on any atom is 0.255 e. The van der Waals surface area contributed by atoms with Crippen LogP contribution in [0.5, 0.6) is 0 Å². The Morgan fingerprint density at radius 3 is 2.48 bits per heavy atom. The van der Waals surface area contributed by atoms with Gasteiger partial charge in [0.05, 0.1) is 11.4 Å². The molecule has 0 bridgehead atoms. The quantitative estimate of drug-likeness (QED) is 0.877. The third-order valence-corrected chi connectivity index (χ3v) is 3.81. The van der Waals surface area contributed by atoms with Crippen molar-refractivity contribution in [1.82, 2.24) is 4.98 Å². The molecule has 1 aromatic heterocycles. The molecule has 2 rings (SSSR count). The SMILES string of the molecule is CS(=O)(=O)Cc1ccc(C(=O)Nc2cccnc2Cl)cc1. The predicted molar refractivity (Wildman–Crippen MR) is 82.2 cm³/mol. The largest absolute Gasteiger partial charge is 0.319 e. The first-order chi connectivity index (χ1) is 9.85. The van der Waals surface area contributed by atoms with Crippen LogP contribution in [-0.2, 0) is 15.6 Å². The summed E-state index contributed by atoms with van der Waals surface area (Å²) in [7, 11) is -3.09. The van der Waals surface area contributed by atoms with Crippen molar-refractivity contribution in [1.29, 1.82) is 0 Å². The van der Waals surface area contributed by atoms with E-state index in [4.69, 9.17) is 11.6 Å². The van der Waals surface area contributed by atoms with Crippen molar-refractivity contribution in [3.05, 3.63) is 58.9 Å². The van der Waals surface area contributed by atoms with Gasteiger partial charge < -0.3 is 5.32 Å². The molecule has 0 atom stereocenters. The van der Waals surface area contributed by atoms with Gasteiger partial charge in [0.25, 0.3) is 5.91 Å². The van der Waals surface area contributed by atoms with Gasteiger partial charge in [0.1, 0.15) is 0 Å². The number of nitrogens with one attached hydrogen (secondary N) is 1. The van der Waals surface area contributed by atoms with E-state index in [0.717, 1.165) is 6.26 Å². The van der Waals surface area contributed by atoms with Crippen LogP contribution in [0, 0.1) is 0 Å². The predicted octanol–water partition coefficient (Wildman–Crippen LogP) is 2.53. The Kier molecular flexibility index (Phi) is 4.59. The lowest BCUT2D eigenvalue weighted by Crippen LogP contribution is -2.12. The highest BCUT2D eigenvalue weighted by Gasteiger charge is 2.10. The number of sulfone groups is 1. The molecule has 0 saturated heterocycles. The number of carbonyl (C=O) groups excluding carboxylic acids is 1. The highest BCUT2D eigenvalue weighted by molar-refractivity contribution is 7.89. The fourth-order valence-electron chi connectivity index (χ4n) is 1.73. The zero-order valence-electron chi connectivity index (χ0n) is 11.2. The van der Waals surface area contributed by atoms with Crippen LogP contribution in [-0.4, -0.2) is 25.6 Å². The first-order valence-corrected chi connectivity index (χ1v) is 8.47. The third-order valence-electron chi connectivity index (χ3n) is 2.65. The molecule has 2 aromatic rings. The number of rotatable bonds is 4. The zero-order valence-corrected chi connectivity index (χ0v) is 12.8. The van der Waals surface area contributed by atoms with E-state index in [0.29, 0.717) is 16.8 Å². The van der Waals surface area contributed by atoms with Gasteiger partial charge in [-0.25, -0.2) is 13.4 Å². The minimum absolute atomic E-state index is 0.0522. The lowest BCUT2D eigenvalue weighted by atomic mass is 10.1. The first kappa shape index (κ1) is 15.5. The maximum absolute atomic E-state index is 12.0. The first-order valence-electron chi connectivity index (χ1n) is 6.04. The molecule has 0 aliphatic rings. The average Bonchev–Trinajstić information content (AvgIpc) is 2.40. The Balaban J connectivity index is 2.12. The van der Waals surface area contributed by atoms with Crippen LogP contribution in [0.15, 0.2) is 42.6 Å². The number of anilines is 1. The highest BCUT2D eigenvalue weighted by atomic mass is 35.5. The number of benzene rings is 1. The van der Waals surface area contributed by atoms with E-state index in [2.05, 4.69) is 10.3 Å². The van der Waals surface area contributed by atoms with E-state index in [1.807, 2.05) is 0 Å². The smallest absolute Gasteiger partial charge is 0.255 e. The van der Waals surface area contributed by atoms with Gasteiger partial charge in [0.15, 0.2) is 15.0 Å².